The van der Waals surface area contributed by atoms with Gasteiger partial charge in [-0.25, -0.2) is 8.42 Å². The van der Waals surface area contributed by atoms with Gasteiger partial charge >= 0.3 is 5.97 Å². The zero-order valence-electron chi connectivity index (χ0n) is 12.5. The molecule has 2 rings (SSSR count). The van der Waals surface area contributed by atoms with Crippen LogP contribution in [0.3, 0.4) is 0 Å². The van der Waals surface area contributed by atoms with Crippen LogP contribution in [0.5, 0.6) is 0 Å². The van der Waals surface area contributed by atoms with E-state index in [2.05, 4.69) is 0 Å². The summed E-state index contributed by atoms with van der Waals surface area (Å²) in [6.45, 7) is 0.199. The minimum atomic E-state index is -3.67. The SMILES string of the molecule is CS(=O)(=O)N(CC(=O)O)C[C@@H]1CN(C(=O)c2ccsc2)CCO1. The van der Waals surface area contributed by atoms with Crippen LogP contribution < -0.4 is 0 Å². The number of rotatable bonds is 6. The van der Waals surface area contributed by atoms with Crippen LogP contribution in [-0.4, -0.2) is 79.8 Å². The second-order valence-corrected chi connectivity index (χ2v) is 7.97. The first-order chi connectivity index (χ1) is 10.8. The maximum Gasteiger partial charge on any atom is 0.318 e. The lowest BCUT2D eigenvalue weighted by Crippen LogP contribution is -2.51. The quantitative estimate of drug-likeness (QED) is 0.760. The molecule has 0 bridgehead atoms. The van der Waals surface area contributed by atoms with Gasteiger partial charge in [0.15, 0.2) is 0 Å². The van der Waals surface area contributed by atoms with E-state index in [4.69, 9.17) is 9.84 Å². The van der Waals surface area contributed by atoms with Gasteiger partial charge in [0.05, 0.1) is 24.5 Å². The van der Waals surface area contributed by atoms with E-state index in [1.807, 2.05) is 5.38 Å². The monoisotopic (exact) mass is 362 g/mol. The van der Waals surface area contributed by atoms with E-state index in [9.17, 15) is 18.0 Å². The molecule has 0 unspecified atom stereocenters. The van der Waals surface area contributed by atoms with Gasteiger partial charge in [0.25, 0.3) is 5.91 Å². The first-order valence-corrected chi connectivity index (χ1v) is 9.66. The number of carboxylic acid groups (broad SMARTS) is 1. The first kappa shape index (κ1) is 17.9. The molecule has 1 aliphatic rings. The van der Waals surface area contributed by atoms with Gasteiger partial charge in [0, 0.05) is 25.0 Å². The third-order valence-electron chi connectivity index (χ3n) is 3.38. The van der Waals surface area contributed by atoms with Crippen molar-refractivity contribution in [2.45, 2.75) is 6.10 Å². The summed E-state index contributed by atoms with van der Waals surface area (Å²) >= 11 is 1.42. The highest BCUT2D eigenvalue weighted by Crippen LogP contribution is 2.14. The maximum atomic E-state index is 12.3. The fourth-order valence-corrected chi connectivity index (χ4v) is 3.69. The van der Waals surface area contributed by atoms with E-state index in [1.165, 1.54) is 11.3 Å². The molecule has 1 aliphatic heterocycles. The molecule has 23 heavy (non-hydrogen) atoms. The summed E-state index contributed by atoms with van der Waals surface area (Å²) in [6, 6.07) is 1.73. The third-order valence-corrected chi connectivity index (χ3v) is 5.28. The second-order valence-electron chi connectivity index (χ2n) is 5.21. The molecule has 1 N–H and O–H groups in total. The van der Waals surface area contributed by atoms with Crippen molar-refractivity contribution in [2.24, 2.45) is 0 Å². The van der Waals surface area contributed by atoms with Crippen molar-refractivity contribution < 1.29 is 27.9 Å². The summed E-state index contributed by atoms with van der Waals surface area (Å²) in [6.07, 6.45) is 0.396. The van der Waals surface area contributed by atoms with Gasteiger partial charge in [-0.3, -0.25) is 9.59 Å². The molecule has 10 heteroatoms. The molecule has 8 nitrogen and oxygen atoms in total. The minimum absolute atomic E-state index is 0.0987. The van der Waals surface area contributed by atoms with Crippen LogP contribution in [0.1, 0.15) is 10.4 Å². The number of carboxylic acids is 1. The average molecular weight is 362 g/mol. The molecule has 2 heterocycles. The summed E-state index contributed by atoms with van der Waals surface area (Å²) in [4.78, 5) is 24.7. The van der Waals surface area contributed by atoms with Gasteiger partial charge in [0.2, 0.25) is 10.0 Å². The molecule has 0 aromatic carbocycles. The van der Waals surface area contributed by atoms with E-state index in [-0.39, 0.29) is 25.6 Å². The van der Waals surface area contributed by atoms with E-state index < -0.39 is 28.6 Å². The number of thiophene rings is 1. The standard InChI is InChI=1S/C13H18N2O6S2/c1-23(19,20)15(8-12(16)17)7-11-6-14(3-4-21-11)13(18)10-2-5-22-9-10/h2,5,9,11H,3-4,6-8H2,1H3,(H,16,17)/t11-/m0/s1. The van der Waals surface area contributed by atoms with Crippen molar-refractivity contribution in [1.82, 2.24) is 9.21 Å². The topological polar surface area (TPSA) is 104 Å². The van der Waals surface area contributed by atoms with Gasteiger partial charge in [-0.1, -0.05) is 0 Å². The lowest BCUT2D eigenvalue weighted by atomic mass is 10.2. The molecule has 0 spiro atoms. The molecule has 1 amide bonds. The molecule has 1 aromatic heterocycles. The van der Waals surface area contributed by atoms with Gasteiger partial charge in [-0.15, -0.1) is 0 Å². The predicted octanol–water partition coefficient (Wildman–Crippen LogP) is -0.0647. The summed E-state index contributed by atoms with van der Waals surface area (Å²) in [7, 11) is -3.67. The molecule has 1 fully saturated rings. The lowest BCUT2D eigenvalue weighted by molar-refractivity contribution is -0.137. The highest BCUT2D eigenvalue weighted by Gasteiger charge is 2.30. The van der Waals surface area contributed by atoms with Crippen LogP contribution in [0.4, 0.5) is 0 Å². The number of nitrogens with zero attached hydrogens (tertiary/aromatic N) is 2. The summed E-state index contributed by atoms with van der Waals surface area (Å²) in [5.41, 5.74) is 0.584. The van der Waals surface area contributed by atoms with Gasteiger partial charge < -0.3 is 14.7 Å². The smallest absolute Gasteiger partial charge is 0.318 e. The van der Waals surface area contributed by atoms with Gasteiger partial charge in [-0.05, 0) is 11.4 Å². The third kappa shape index (κ3) is 4.99. The van der Waals surface area contributed by atoms with Crippen LogP contribution in [0.15, 0.2) is 16.8 Å². The predicted molar refractivity (Wildman–Crippen MR) is 84.0 cm³/mol. The fraction of sp³-hybridized carbons (Fsp3) is 0.538. The number of carbonyl (C=O) groups is 2. The van der Waals surface area contributed by atoms with E-state index in [0.717, 1.165) is 10.6 Å². The van der Waals surface area contributed by atoms with Crippen LogP contribution in [0.25, 0.3) is 0 Å². The number of carbonyl (C=O) groups excluding carboxylic acids is 1. The molecule has 1 saturated heterocycles. The Bertz CT molecular complexity index is 658. The first-order valence-electron chi connectivity index (χ1n) is 6.87. The molecular formula is C13H18N2O6S2. The van der Waals surface area contributed by atoms with Crippen molar-refractivity contribution in [2.75, 3.05) is 39.0 Å². The molecular weight excluding hydrogens is 344 g/mol. The van der Waals surface area contributed by atoms with Crippen molar-refractivity contribution >= 4 is 33.2 Å². The number of morpholine rings is 1. The molecule has 0 aliphatic carbocycles. The normalized spacial score (nSPS) is 19.0. The Morgan fingerprint density at radius 3 is 2.83 bits per heavy atom. The summed E-state index contributed by atoms with van der Waals surface area (Å²) in [5, 5.41) is 12.4. The molecule has 1 atom stereocenters. The zero-order valence-corrected chi connectivity index (χ0v) is 14.2. The second kappa shape index (κ2) is 7.39. The Morgan fingerprint density at radius 1 is 1.52 bits per heavy atom. The van der Waals surface area contributed by atoms with Gasteiger partial charge in [0.1, 0.15) is 6.54 Å². The summed E-state index contributed by atoms with van der Waals surface area (Å²) in [5.74, 6) is -1.37. The van der Waals surface area contributed by atoms with Crippen molar-refractivity contribution in [3.05, 3.63) is 22.4 Å². The summed E-state index contributed by atoms with van der Waals surface area (Å²) < 4.78 is 29.7. The molecule has 128 valence electrons. The number of amides is 1. The number of hydrogen-bond acceptors (Lipinski definition) is 6. The van der Waals surface area contributed by atoms with Gasteiger partial charge in [-0.2, -0.15) is 15.6 Å². The Morgan fingerprint density at radius 2 is 2.26 bits per heavy atom. The Balaban J connectivity index is 2.02. The van der Waals surface area contributed by atoms with Crippen LogP contribution >= 0.6 is 11.3 Å². The number of ether oxygens (including phenoxy) is 1. The molecule has 0 radical (unpaired) electrons. The number of aliphatic carboxylic acids is 1. The lowest BCUT2D eigenvalue weighted by Gasteiger charge is -2.34. The number of hydrogen-bond donors (Lipinski definition) is 1. The Labute approximate surface area is 138 Å². The highest BCUT2D eigenvalue weighted by molar-refractivity contribution is 7.88. The average Bonchev–Trinajstić information content (AvgIpc) is 2.99. The van der Waals surface area contributed by atoms with Crippen LogP contribution in [0.2, 0.25) is 0 Å². The molecule has 0 saturated carbocycles. The van der Waals surface area contributed by atoms with Crippen LogP contribution in [-0.2, 0) is 19.6 Å². The Kier molecular flexibility index (Phi) is 5.74. The largest absolute Gasteiger partial charge is 0.480 e. The van der Waals surface area contributed by atoms with Crippen molar-refractivity contribution in [3.8, 4) is 0 Å². The number of sulfonamides is 1. The highest BCUT2D eigenvalue weighted by atomic mass is 32.2. The maximum absolute atomic E-state index is 12.3. The Hall–Kier alpha value is -1.49. The molecule has 1 aromatic rings. The van der Waals surface area contributed by atoms with E-state index in [0.29, 0.717) is 12.1 Å². The van der Waals surface area contributed by atoms with E-state index >= 15 is 0 Å². The minimum Gasteiger partial charge on any atom is -0.480 e. The van der Waals surface area contributed by atoms with E-state index in [1.54, 1.807) is 16.3 Å². The fourth-order valence-electron chi connectivity index (χ4n) is 2.28. The zero-order chi connectivity index (χ0) is 17.0. The van der Waals surface area contributed by atoms with Crippen molar-refractivity contribution in [1.29, 1.82) is 0 Å². The van der Waals surface area contributed by atoms with Crippen molar-refractivity contribution in [3.63, 3.8) is 0 Å². The van der Waals surface area contributed by atoms with Crippen LogP contribution in [0, 0.1) is 0 Å².